The Morgan fingerprint density at radius 1 is 1.35 bits per heavy atom. The Balaban J connectivity index is 2.06. The Morgan fingerprint density at radius 2 is 2.05 bits per heavy atom. The zero-order valence-electron chi connectivity index (χ0n) is 10.8. The van der Waals surface area contributed by atoms with Crippen LogP contribution >= 0.6 is 0 Å². The maximum absolute atomic E-state index is 13.4. The molecule has 0 aromatic heterocycles. The summed E-state index contributed by atoms with van der Waals surface area (Å²) in [4.78, 5) is 24.2. The fourth-order valence-corrected chi connectivity index (χ4v) is 2.25. The van der Waals surface area contributed by atoms with Gasteiger partial charge in [-0.3, -0.25) is 4.79 Å². The van der Waals surface area contributed by atoms with Gasteiger partial charge in [0.05, 0.1) is 11.6 Å². The average Bonchev–Trinajstić information content (AvgIpc) is 2.77. The van der Waals surface area contributed by atoms with Gasteiger partial charge in [-0.2, -0.15) is 0 Å². The van der Waals surface area contributed by atoms with Crippen molar-refractivity contribution in [2.45, 2.75) is 6.92 Å². The van der Waals surface area contributed by atoms with Gasteiger partial charge >= 0.3 is 12.0 Å². The second-order valence-electron chi connectivity index (χ2n) is 4.86. The first kappa shape index (κ1) is 14.2. The van der Waals surface area contributed by atoms with Gasteiger partial charge in [-0.15, -0.1) is 0 Å². The topological polar surface area (TPSA) is 69.6 Å². The van der Waals surface area contributed by atoms with Crippen LogP contribution in [0.2, 0.25) is 0 Å². The minimum atomic E-state index is -1.14. The molecule has 0 unspecified atom stereocenters. The van der Waals surface area contributed by atoms with E-state index in [9.17, 15) is 18.4 Å². The first-order valence-corrected chi connectivity index (χ1v) is 6.13. The molecular weight excluding hydrogens is 270 g/mol. The maximum atomic E-state index is 13.4. The highest BCUT2D eigenvalue weighted by molar-refractivity contribution is 5.90. The predicted octanol–water partition coefficient (Wildman–Crippen LogP) is 2.15. The third kappa shape index (κ3) is 2.71. The monoisotopic (exact) mass is 284 g/mol. The van der Waals surface area contributed by atoms with Crippen LogP contribution in [0.15, 0.2) is 18.2 Å². The summed E-state index contributed by atoms with van der Waals surface area (Å²) in [7, 11) is 0. The Morgan fingerprint density at radius 3 is 2.65 bits per heavy atom. The van der Waals surface area contributed by atoms with E-state index in [1.54, 1.807) is 6.92 Å². The van der Waals surface area contributed by atoms with Crippen molar-refractivity contribution in [3.05, 3.63) is 29.8 Å². The molecule has 7 heteroatoms. The Labute approximate surface area is 114 Å². The molecule has 1 saturated heterocycles. The maximum Gasteiger partial charge on any atom is 0.321 e. The molecule has 2 atom stereocenters. The van der Waals surface area contributed by atoms with Gasteiger partial charge in [0.1, 0.15) is 0 Å². The lowest BCUT2D eigenvalue weighted by Gasteiger charge is -2.17. The Bertz CT molecular complexity index is 550. The molecule has 20 heavy (non-hydrogen) atoms. The summed E-state index contributed by atoms with van der Waals surface area (Å²) in [6.45, 7) is 2.05. The van der Waals surface area contributed by atoms with E-state index < -0.39 is 29.6 Å². The summed E-state index contributed by atoms with van der Waals surface area (Å²) in [5, 5.41) is 11.2. The van der Waals surface area contributed by atoms with Gasteiger partial charge in [0.15, 0.2) is 11.6 Å². The van der Waals surface area contributed by atoms with Crippen molar-refractivity contribution in [1.29, 1.82) is 0 Å². The highest BCUT2D eigenvalue weighted by Gasteiger charge is 2.37. The van der Waals surface area contributed by atoms with E-state index in [2.05, 4.69) is 5.32 Å². The fraction of sp³-hybridized carbons (Fsp3) is 0.385. The fourth-order valence-electron chi connectivity index (χ4n) is 2.25. The van der Waals surface area contributed by atoms with Crippen molar-refractivity contribution in [1.82, 2.24) is 4.90 Å². The lowest BCUT2D eigenvalue weighted by molar-refractivity contribution is -0.142. The molecule has 1 aromatic carbocycles. The lowest BCUT2D eigenvalue weighted by Crippen LogP contribution is -2.34. The van der Waals surface area contributed by atoms with Gasteiger partial charge in [0, 0.05) is 13.1 Å². The standard InChI is InChI=1S/C13H14F2N2O3/c1-7-5-17(6-8(7)12(18)19)13(20)16-10-4-2-3-9(14)11(10)15/h2-4,7-8H,5-6H2,1H3,(H,16,20)(H,18,19)/t7-,8-/m1/s1. The normalized spacial score (nSPS) is 21.9. The van der Waals surface area contributed by atoms with Crippen LogP contribution in [0.5, 0.6) is 0 Å². The number of hydrogen-bond acceptors (Lipinski definition) is 2. The number of carbonyl (C=O) groups is 2. The summed E-state index contributed by atoms with van der Waals surface area (Å²) < 4.78 is 26.4. The summed E-state index contributed by atoms with van der Waals surface area (Å²) in [6.07, 6.45) is 0. The Hall–Kier alpha value is -2.18. The number of rotatable bonds is 2. The first-order chi connectivity index (χ1) is 9.40. The van der Waals surface area contributed by atoms with E-state index in [1.165, 1.54) is 17.0 Å². The minimum Gasteiger partial charge on any atom is -0.481 e. The number of nitrogens with one attached hydrogen (secondary N) is 1. The number of hydrogen-bond donors (Lipinski definition) is 2. The van der Waals surface area contributed by atoms with Crippen LogP contribution in [0.25, 0.3) is 0 Å². The van der Waals surface area contributed by atoms with Gasteiger partial charge in [-0.1, -0.05) is 13.0 Å². The molecule has 0 bridgehead atoms. The zero-order valence-corrected chi connectivity index (χ0v) is 10.8. The number of urea groups is 1. The molecule has 0 saturated carbocycles. The molecule has 2 N–H and O–H groups in total. The largest absolute Gasteiger partial charge is 0.481 e. The molecule has 1 fully saturated rings. The van der Waals surface area contributed by atoms with Crippen LogP contribution < -0.4 is 5.32 Å². The number of aliphatic carboxylic acids is 1. The smallest absolute Gasteiger partial charge is 0.321 e. The molecule has 0 radical (unpaired) electrons. The van der Waals surface area contributed by atoms with Crippen LogP contribution in [0.4, 0.5) is 19.3 Å². The molecule has 0 aliphatic carbocycles. The first-order valence-electron chi connectivity index (χ1n) is 6.13. The molecule has 5 nitrogen and oxygen atoms in total. The third-order valence-corrected chi connectivity index (χ3v) is 3.41. The third-order valence-electron chi connectivity index (χ3n) is 3.41. The molecule has 1 aliphatic heterocycles. The SMILES string of the molecule is C[C@@H]1CN(C(=O)Nc2cccc(F)c2F)C[C@H]1C(=O)O. The number of halogens is 2. The lowest BCUT2D eigenvalue weighted by atomic mass is 9.99. The van der Waals surface area contributed by atoms with E-state index in [1.807, 2.05) is 0 Å². The molecule has 0 spiro atoms. The van der Waals surface area contributed by atoms with E-state index >= 15 is 0 Å². The van der Waals surface area contributed by atoms with Gasteiger partial charge in [0.2, 0.25) is 0 Å². The quantitative estimate of drug-likeness (QED) is 0.874. The second kappa shape index (κ2) is 5.44. The van der Waals surface area contributed by atoms with Gasteiger partial charge in [0.25, 0.3) is 0 Å². The molecule has 108 valence electrons. The van der Waals surface area contributed by atoms with E-state index in [4.69, 9.17) is 5.11 Å². The van der Waals surface area contributed by atoms with Crippen LogP contribution in [-0.2, 0) is 4.79 Å². The summed E-state index contributed by atoms with van der Waals surface area (Å²) in [5.74, 6) is -3.98. The van der Waals surface area contributed by atoms with Gasteiger partial charge in [-0.25, -0.2) is 13.6 Å². The zero-order chi connectivity index (χ0) is 14.9. The van der Waals surface area contributed by atoms with Crippen LogP contribution in [0.3, 0.4) is 0 Å². The number of anilines is 1. The van der Waals surface area contributed by atoms with Crippen molar-refractivity contribution >= 4 is 17.7 Å². The number of amides is 2. The summed E-state index contributed by atoms with van der Waals surface area (Å²) >= 11 is 0. The molecule has 2 amide bonds. The predicted molar refractivity (Wildman–Crippen MR) is 67.2 cm³/mol. The highest BCUT2D eigenvalue weighted by atomic mass is 19.2. The number of nitrogens with zero attached hydrogens (tertiary/aromatic N) is 1. The second-order valence-corrected chi connectivity index (χ2v) is 4.86. The van der Waals surface area contributed by atoms with Crippen molar-refractivity contribution in [2.75, 3.05) is 18.4 Å². The van der Waals surface area contributed by atoms with E-state index in [-0.39, 0.29) is 24.7 Å². The molecule has 2 rings (SSSR count). The molecule has 1 aliphatic rings. The van der Waals surface area contributed by atoms with Crippen LogP contribution in [0, 0.1) is 23.5 Å². The van der Waals surface area contributed by atoms with Crippen molar-refractivity contribution in [3.63, 3.8) is 0 Å². The van der Waals surface area contributed by atoms with Crippen molar-refractivity contribution < 1.29 is 23.5 Å². The van der Waals surface area contributed by atoms with Gasteiger partial charge < -0.3 is 15.3 Å². The van der Waals surface area contributed by atoms with E-state index in [0.29, 0.717) is 0 Å². The van der Waals surface area contributed by atoms with Gasteiger partial charge in [-0.05, 0) is 18.1 Å². The molecule has 1 aromatic rings. The number of carbonyl (C=O) groups excluding carboxylic acids is 1. The van der Waals surface area contributed by atoms with Crippen molar-refractivity contribution in [2.24, 2.45) is 11.8 Å². The van der Waals surface area contributed by atoms with Crippen LogP contribution in [-0.4, -0.2) is 35.1 Å². The highest BCUT2D eigenvalue weighted by Crippen LogP contribution is 2.24. The number of carboxylic acids is 1. The summed E-state index contributed by atoms with van der Waals surface area (Å²) in [5.41, 5.74) is -0.263. The number of likely N-dealkylation sites (tertiary alicyclic amines) is 1. The van der Waals surface area contributed by atoms with Crippen molar-refractivity contribution in [3.8, 4) is 0 Å². The van der Waals surface area contributed by atoms with Crippen LogP contribution in [0.1, 0.15) is 6.92 Å². The minimum absolute atomic E-state index is 0.0548. The molecular formula is C13H14F2N2O3. The summed E-state index contributed by atoms with van der Waals surface area (Å²) in [6, 6.07) is 2.83. The van der Waals surface area contributed by atoms with E-state index in [0.717, 1.165) is 6.07 Å². The number of carboxylic acid groups (broad SMARTS) is 1. The number of benzene rings is 1. The Kier molecular flexibility index (Phi) is 3.87. The average molecular weight is 284 g/mol. The molecule has 1 heterocycles.